The third-order valence-corrected chi connectivity index (χ3v) is 3.00. The van der Waals surface area contributed by atoms with Gasteiger partial charge in [0.2, 0.25) is 0 Å². The van der Waals surface area contributed by atoms with Crippen LogP contribution in [0.5, 0.6) is 0 Å². The van der Waals surface area contributed by atoms with E-state index in [9.17, 15) is 9.59 Å². The summed E-state index contributed by atoms with van der Waals surface area (Å²) in [7, 11) is 0. The number of nitrogens with two attached hydrogens (primary N) is 1. The van der Waals surface area contributed by atoms with E-state index in [1.54, 1.807) is 12.1 Å². The minimum atomic E-state index is -0.388. The topological polar surface area (TPSA) is 72.2 Å². The van der Waals surface area contributed by atoms with Crippen LogP contribution in [0.25, 0.3) is 11.1 Å². The van der Waals surface area contributed by atoms with E-state index in [0.29, 0.717) is 22.4 Å². The van der Waals surface area contributed by atoms with Gasteiger partial charge in [0.25, 0.3) is 11.8 Å². The lowest BCUT2D eigenvalue weighted by Gasteiger charge is -2.09. The largest absolute Gasteiger partial charge is 0.398 e. The number of rotatable bonds is 1. The molecule has 2 aromatic carbocycles. The van der Waals surface area contributed by atoms with Crippen molar-refractivity contribution in [2.75, 3.05) is 5.73 Å². The molecule has 0 unspecified atom stereocenters. The van der Waals surface area contributed by atoms with Gasteiger partial charge < -0.3 is 5.73 Å². The Labute approximate surface area is 103 Å². The molecule has 1 heterocycles. The second-order valence-electron chi connectivity index (χ2n) is 4.10. The van der Waals surface area contributed by atoms with Crippen LogP contribution in [0.3, 0.4) is 0 Å². The maximum Gasteiger partial charge on any atom is 0.259 e. The van der Waals surface area contributed by atoms with Crippen LogP contribution in [0.2, 0.25) is 0 Å². The molecule has 4 nitrogen and oxygen atoms in total. The van der Waals surface area contributed by atoms with Crippen LogP contribution in [-0.2, 0) is 0 Å². The molecule has 4 heteroatoms. The minimum Gasteiger partial charge on any atom is -0.398 e. The Morgan fingerprint density at radius 1 is 0.833 bits per heavy atom. The number of amides is 2. The molecule has 3 rings (SSSR count). The van der Waals surface area contributed by atoms with Gasteiger partial charge in [0.05, 0.1) is 11.1 Å². The minimum absolute atomic E-state index is 0.367. The van der Waals surface area contributed by atoms with Gasteiger partial charge in [0, 0.05) is 11.3 Å². The summed E-state index contributed by atoms with van der Waals surface area (Å²) in [4.78, 5) is 23.4. The van der Waals surface area contributed by atoms with Gasteiger partial charge in [-0.05, 0) is 17.7 Å². The van der Waals surface area contributed by atoms with Gasteiger partial charge in [-0.1, -0.05) is 30.3 Å². The van der Waals surface area contributed by atoms with E-state index in [1.807, 2.05) is 30.3 Å². The summed E-state index contributed by atoms with van der Waals surface area (Å²) in [5, 5.41) is 2.29. The fraction of sp³-hybridized carbons (Fsp3) is 0. The van der Waals surface area contributed by atoms with Crippen molar-refractivity contribution in [1.29, 1.82) is 0 Å². The number of hydrogen-bond donors (Lipinski definition) is 2. The van der Waals surface area contributed by atoms with Crippen molar-refractivity contribution in [3.63, 3.8) is 0 Å². The van der Waals surface area contributed by atoms with Crippen molar-refractivity contribution in [3.8, 4) is 11.1 Å². The van der Waals surface area contributed by atoms with Gasteiger partial charge >= 0.3 is 0 Å². The molecular weight excluding hydrogens is 228 g/mol. The molecule has 0 radical (unpaired) electrons. The second-order valence-corrected chi connectivity index (χ2v) is 4.10. The number of nitrogens with one attached hydrogen (secondary N) is 1. The van der Waals surface area contributed by atoms with E-state index in [4.69, 9.17) is 5.73 Å². The monoisotopic (exact) mass is 238 g/mol. The standard InChI is InChI=1S/C14H10N2O2/c15-10-7-6-9-12(14(18)16-13(9)17)11(10)8-4-2-1-3-5-8/h1-7H,15H2,(H,16,17,18). The summed E-state index contributed by atoms with van der Waals surface area (Å²) < 4.78 is 0. The molecule has 0 saturated carbocycles. The molecule has 1 aliphatic heterocycles. The Kier molecular flexibility index (Phi) is 2.16. The molecule has 0 aromatic heterocycles. The van der Waals surface area contributed by atoms with E-state index in [1.165, 1.54) is 0 Å². The Morgan fingerprint density at radius 3 is 2.28 bits per heavy atom. The van der Waals surface area contributed by atoms with E-state index in [2.05, 4.69) is 5.32 Å². The Morgan fingerprint density at radius 2 is 1.56 bits per heavy atom. The number of hydrogen-bond acceptors (Lipinski definition) is 3. The predicted molar refractivity (Wildman–Crippen MR) is 68.1 cm³/mol. The Balaban J connectivity index is 2.34. The summed E-state index contributed by atoms with van der Waals surface area (Å²) in [5.41, 5.74) is 8.63. The molecule has 2 aromatic rings. The van der Waals surface area contributed by atoms with Crippen molar-refractivity contribution < 1.29 is 9.59 Å². The third kappa shape index (κ3) is 1.39. The molecule has 88 valence electrons. The highest BCUT2D eigenvalue weighted by Crippen LogP contribution is 2.34. The molecule has 0 spiro atoms. The van der Waals surface area contributed by atoms with Gasteiger partial charge in [-0.15, -0.1) is 0 Å². The van der Waals surface area contributed by atoms with Crippen LogP contribution < -0.4 is 11.1 Å². The van der Waals surface area contributed by atoms with Gasteiger partial charge in [-0.3, -0.25) is 14.9 Å². The first kappa shape index (κ1) is 10.5. The van der Waals surface area contributed by atoms with E-state index in [0.717, 1.165) is 5.56 Å². The lowest BCUT2D eigenvalue weighted by atomic mass is 9.95. The number of benzene rings is 2. The second kappa shape index (κ2) is 3.70. The highest BCUT2D eigenvalue weighted by atomic mass is 16.2. The van der Waals surface area contributed by atoms with Crippen LogP contribution in [0, 0.1) is 0 Å². The van der Waals surface area contributed by atoms with E-state index >= 15 is 0 Å². The number of fused-ring (bicyclic) bond motifs is 1. The summed E-state index contributed by atoms with van der Waals surface area (Å²) in [6.07, 6.45) is 0. The number of carbonyl (C=O) groups excluding carboxylic acids is 2. The summed E-state index contributed by atoms with van der Waals surface area (Å²) in [6.45, 7) is 0. The first-order valence-corrected chi connectivity index (χ1v) is 5.52. The van der Waals surface area contributed by atoms with Crippen LogP contribution >= 0.6 is 0 Å². The number of nitrogen functional groups attached to an aromatic ring is 1. The van der Waals surface area contributed by atoms with Crippen LogP contribution in [-0.4, -0.2) is 11.8 Å². The Bertz CT molecular complexity index is 663. The highest BCUT2D eigenvalue weighted by molar-refractivity contribution is 6.25. The maximum atomic E-state index is 11.8. The molecule has 3 N–H and O–H groups in total. The molecule has 0 fully saturated rings. The molecular formula is C14H10N2O2. The molecule has 0 bridgehead atoms. The average molecular weight is 238 g/mol. The lowest BCUT2D eigenvalue weighted by Crippen LogP contribution is -2.20. The van der Waals surface area contributed by atoms with Crippen LogP contribution in [0.15, 0.2) is 42.5 Å². The van der Waals surface area contributed by atoms with Crippen molar-refractivity contribution >= 4 is 17.5 Å². The van der Waals surface area contributed by atoms with Crippen LogP contribution in [0.1, 0.15) is 20.7 Å². The van der Waals surface area contributed by atoms with Gasteiger partial charge in [-0.25, -0.2) is 0 Å². The summed E-state index contributed by atoms with van der Waals surface area (Å²) in [5.74, 6) is -0.756. The molecule has 1 aliphatic rings. The fourth-order valence-corrected chi connectivity index (χ4v) is 2.19. The van der Waals surface area contributed by atoms with Crippen molar-refractivity contribution in [2.45, 2.75) is 0 Å². The lowest BCUT2D eigenvalue weighted by molar-refractivity contribution is 0.0880. The zero-order chi connectivity index (χ0) is 12.7. The fourth-order valence-electron chi connectivity index (χ4n) is 2.19. The quantitative estimate of drug-likeness (QED) is 0.588. The molecule has 0 atom stereocenters. The predicted octanol–water partition coefficient (Wildman–Crippen LogP) is 1.82. The summed E-state index contributed by atoms with van der Waals surface area (Å²) >= 11 is 0. The van der Waals surface area contributed by atoms with E-state index in [-0.39, 0.29) is 11.8 Å². The van der Waals surface area contributed by atoms with Crippen LogP contribution in [0.4, 0.5) is 5.69 Å². The maximum absolute atomic E-state index is 11.8. The number of imide groups is 1. The average Bonchev–Trinajstić information content (AvgIpc) is 2.66. The molecule has 18 heavy (non-hydrogen) atoms. The SMILES string of the molecule is Nc1ccc2c(c1-c1ccccc1)C(=O)NC2=O. The molecule has 0 saturated heterocycles. The normalized spacial score (nSPS) is 13.3. The summed E-state index contributed by atoms with van der Waals surface area (Å²) in [6, 6.07) is 12.6. The molecule has 0 aliphatic carbocycles. The zero-order valence-corrected chi connectivity index (χ0v) is 9.44. The Hall–Kier alpha value is -2.62. The molecule has 2 amide bonds. The first-order valence-electron chi connectivity index (χ1n) is 5.52. The van der Waals surface area contributed by atoms with Crippen molar-refractivity contribution in [3.05, 3.63) is 53.6 Å². The third-order valence-electron chi connectivity index (χ3n) is 3.00. The van der Waals surface area contributed by atoms with Gasteiger partial charge in [-0.2, -0.15) is 0 Å². The number of anilines is 1. The van der Waals surface area contributed by atoms with Gasteiger partial charge in [0.1, 0.15) is 0 Å². The van der Waals surface area contributed by atoms with Crippen molar-refractivity contribution in [1.82, 2.24) is 5.32 Å². The number of carbonyl (C=O) groups is 2. The van der Waals surface area contributed by atoms with E-state index < -0.39 is 0 Å². The highest BCUT2D eigenvalue weighted by Gasteiger charge is 2.30. The van der Waals surface area contributed by atoms with Crippen molar-refractivity contribution in [2.24, 2.45) is 0 Å². The smallest absolute Gasteiger partial charge is 0.259 e. The van der Waals surface area contributed by atoms with Gasteiger partial charge in [0.15, 0.2) is 0 Å². The zero-order valence-electron chi connectivity index (χ0n) is 9.44. The first-order chi connectivity index (χ1) is 8.68.